The van der Waals surface area contributed by atoms with E-state index < -0.39 is 0 Å². The van der Waals surface area contributed by atoms with E-state index in [1.807, 2.05) is 44.2 Å². The first-order chi connectivity index (χ1) is 12.2. The fourth-order valence-corrected chi connectivity index (χ4v) is 2.42. The molecule has 26 heavy (non-hydrogen) atoms. The van der Waals surface area contributed by atoms with Gasteiger partial charge in [0.1, 0.15) is 5.76 Å². The van der Waals surface area contributed by atoms with Gasteiger partial charge in [-0.25, -0.2) is 0 Å². The molecule has 2 rings (SSSR count). The van der Waals surface area contributed by atoms with Crippen LogP contribution >= 0.6 is 24.0 Å². The highest BCUT2D eigenvalue weighted by atomic mass is 127. The molecule has 0 spiro atoms. The van der Waals surface area contributed by atoms with Crippen LogP contribution in [0.4, 0.5) is 5.69 Å². The van der Waals surface area contributed by atoms with Crippen LogP contribution in [-0.2, 0) is 24.2 Å². The Morgan fingerprint density at radius 2 is 1.88 bits per heavy atom. The first kappa shape index (κ1) is 21.9. The third-order valence-electron chi connectivity index (χ3n) is 3.74. The average molecular weight is 471 g/mol. The van der Waals surface area contributed by atoms with Crippen molar-refractivity contribution in [1.29, 1.82) is 0 Å². The SMILES string of the molecule is CCc1noc(CC)c1CNC(=NC)NCC(=O)Nc1ccccc1.I. The summed E-state index contributed by atoms with van der Waals surface area (Å²) in [6.07, 6.45) is 1.60. The maximum Gasteiger partial charge on any atom is 0.243 e. The van der Waals surface area contributed by atoms with Crippen LogP contribution < -0.4 is 16.0 Å². The summed E-state index contributed by atoms with van der Waals surface area (Å²) >= 11 is 0. The molecule has 0 saturated heterocycles. The number of para-hydroxylation sites is 1. The first-order valence-corrected chi connectivity index (χ1v) is 8.43. The van der Waals surface area contributed by atoms with Gasteiger partial charge in [0.05, 0.1) is 12.2 Å². The van der Waals surface area contributed by atoms with Crippen LogP contribution in [-0.4, -0.2) is 30.6 Å². The third-order valence-corrected chi connectivity index (χ3v) is 3.74. The van der Waals surface area contributed by atoms with E-state index in [0.29, 0.717) is 12.5 Å². The summed E-state index contributed by atoms with van der Waals surface area (Å²) < 4.78 is 5.35. The Labute approximate surface area is 171 Å². The van der Waals surface area contributed by atoms with Gasteiger partial charge in [0, 0.05) is 31.3 Å². The summed E-state index contributed by atoms with van der Waals surface area (Å²) in [6, 6.07) is 9.34. The van der Waals surface area contributed by atoms with Crippen LogP contribution in [0.3, 0.4) is 0 Å². The molecular weight excluding hydrogens is 445 g/mol. The molecule has 8 heteroatoms. The molecule has 0 atom stereocenters. The number of hydrogen-bond donors (Lipinski definition) is 3. The van der Waals surface area contributed by atoms with Gasteiger partial charge in [-0.1, -0.05) is 37.2 Å². The Morgan fingerprint density at radius 3 is 2.50 bits per heavy atom. The molecule has 1 heterocycles. The zero-order valence-corrected chi connectivity index (χ0v) is 17.7. The standard InChI is InChI=1S/C18H25N5O2.HI/c1-4-15-14(16(5-2)25-23-15)11-20-18(19-3)21-12-17(24)22-13-9-7-6-8-10-13;/h6-10H,4-5,11-12H2,1-3H3,(H,22,24)(H2,19,20,21);1H. The number of anilines is 1. The fourth-order valence-electron chi connectivity index (χ4n) is 2.42. The molecular formula is C18H26IN5O2. The largest absolute Gasteiger partial charge is 0.361 e. The molecule has 0 fully saturated rings. The molecule has 7 nitrogen and oxygen atoms in total. The number of hydrogen-bond acceptors (Lipinski definition) is 4. The van der Waals surface area contributed by atoms with Gasteiger partial charge in [-0.3, -0.25) is 9.79 Å². The zero-order valence-electron chi connectivity index (χ0n) is 15.3. The third kappa shape index (κ3) is 6.32. The Balaban J connectivity index is 0.00000338. The minimum atomic E-state index is -0.136. The fraction of sp³-hybridized carbons (Fsp3) is 0.389. The minimum Gasteiger partial charge on any atom is -0.361 e. The summed E-state index contributed by atoms with van der Waals surface area (Å²) in [5.41, 5.74) is 2.77. The Hall–Kier alpha value is -2.10. The smallest absolute Gasteiger partial charge is 0.243 e. The lowest BCUT2D eigenvalue weighted by Gasteiger charge is -2.12. The molecule has 1 amide bonds. The minimum absolute atomic E-state index is 0. The van der Waals surface area contributed by atoms with E-state index in [-0.39, 0.29) is 36.4 Å². The van der Waals surface area contributed by atoms with Crippen LogP contribution in [0.2, 0.25) is 0 Å². The van der Waals surface area contributed by atoms with Crippen molar-refractivity contribution in [3.05, 3.63) is 47.3 Å². The van der Waals surface area contributed by atoms with Gasteiger partial charge in [-0.05, 0) is 18.6 Å². The number of aryl methyl sites for hydroxylation is 2. The highest BCUT2D eigenvalue weighted by molar-refractivity contribution is 14.0. The molecule has 142 valence electrons. The van der Waals surface area contributed by atoms with Gasteiger partial charge in [0.2, 0.25) is 5.91 Å². The number of guanidine groups is 1. The second-order valence-corrected chi connectivity index (χ2v) is 5.43. The normalized spacial score (nSPS) is 10.8. The summed E-state index contributed by atoms with van der Waals surface area (Å²) in [5, 5.41) is 13.1. The lowest BCUT2D eigenvalue weighted by atomic mass is 10.1. The quantitative estimate of drug-likeness (QED) is 0.328. The van der Waals surface area contributed by atoms with Crippen molar-refractivity contribution in [2.75, 3.05) is 18.9 Å². The molecule has 0 radical (unpaired) electrons. The van der Waals surface area contributed by atoms with Crippen molar-refractivity contribution in [1.82, 2.24) is 15.8 Å². The topological polar surface area (TPSA) is 91.6 Å². The van der Waals surface area contributed by atoms with Crippen molar-refractivity contribution in [2.24, 2.45) is 4.99 Å². The van der Waals surface area contributed by atoms with Gasteiger partial charge < -0.3 is 20.5 Å². The number of aliphatic imine (C=N–C) groups is 1. The van der Waals surface area contributed by atoms with Crippen molar-refractivity contribution in [3.63, 3.8) is 0 Å². The van der Waals surface area contributed by atoms with Crippen LogP contribution in [0.25, 0.3) is 0 Å². The molecule has 1 aromatic carbocycles. The number of aromatic nitrogens is 1. The van der Waals surface area contributed by atoms with Crippen molar-refractivity contribution >= 4 is 41.5 Å². The van der Waals surface area contributed by atoms with E-state index in [1.165, 1.54) is 0 Å². The molecule has 0 unspecified atom stereocenters. The molecule has 2 aromatic rings. The van der Waals surface area contributed by atoms with Crippen LogP contribution in [0.1, 0.15) is 30.9 Å². The molecule has 0 aliphatic rings. The second kappa shape index (κ2) is 11.5. The monoisotopic (exact) mass is 471 g/mol. The maximum absolute atomic E-state index is 12.0. The molecule has 1 aromatic heterocycles. The van der Waals surface area contributed by atoms with Crippen molar-refractivity contribution in [2.45, 2.75) is 33.2 Å². The van der Waals surface area contributed by atoms with Gasteiger partial charge in [-0.15, -0.1) is 24.0 Å². The molecule has 0 saturated carbocycles. The first-order valence-electron chi connectivity index (χ1n) is 8.43. The number of amides is 1. The Kier molecular flexibility index (Phi) is 9.71. The number of benzene rings is 1. The van der Waals surface area contributed by atoms with E-state index in [4.69, 9.17) is 4.52 Å². The van der Waals surface area contributed by atoms with Gasteiger partial charge in [-0.2, -0.15) is 0 Å². The lowest BCUT2D eigenvalue weighted by molar-refractivity contribution is -0.115. The summed E-state index contributed by atoms with van der Waals surface area (Å²) in [5.74, 6) is 1.29. The van der Waals surface area contributed by atoms with Crippen molar-refractivity contribution < 1.29 is 9.32 Å². The number of carbonyl (C=O) groups excluding carboxylic acids is 1. The average Bonchev–Trinajstić information content (AvgIpc) is 3.04. The number of nitrogens with one attached hydrogen (secondary N) is 3. The highest BCUT2D eigenvalue weighted by Gasteiger charge is 2.13. The number of rotatable bonds is 7. The Morgan fingerprint density at radius 1 is 1.15 bits per heavy atom. The number of halogens is 1. The maximum atomic E-state index is 12.0. The highest BCUT2D eigenvalue weighted by Crippen LogP contribution is 2.15. The van der Waals surface area contributed by atoms with Crippen LogP contribution in [0, 0.1) is 0 Å². The Bertz CT molecular complexity index is 694. The predicted molar refractivity (Wildman–Crippen MR) is 114 cm³/mol. The summed E-state index contributed by atoms with van der Waals surface area (Å²) in [7, 11) is 1.67. The van der Waals surface area contributed by atoms with E-state index >= 15 is 0 Å². The zero-order chi connectivity index (χ0) is 18.1. The van der Waals surface area contributed by atoms with Crippen molar-refractivity contribution in [3.8, 4) is 0 Å². The van der Waals surface area contributed by atoms with E-state index in [0.717, 1.165) is 35.5 Å². The predicted octanol–water partition coefficient (Wildman–Crippen LogP) is 2.72. The van der Waals surface area contributed by atoms with Crippen LogP contribution in [0.15, 0.2) is 39.8 Å². The summed E-state index contributed by atoms with van der Waals surface area (Å²) in [6.45, 7) is 4.75. The van der Waals surface area contributed by atoms with E-state index in [1.54, 1.807) is 7.05 Å². The molecule has 0 aliphatic carbocycles. The van der Waals surface area contributed by atoms with Gasteiger partial charge in [0.25, 0.3) is 0 Å². The molecule has 0 bridgehead atoms. The molecule has 0 aliphatic heterocycles. The number of nitrogens with zero attached hydrogens (tertiary/aromatic N) is 2. The number of carbonyl (C=O) groups is 1. The lowest BCUT2D eigenvalue weighted by Crippen LogP contribution is -2.41. The van der Waals surface area contributed by atoms with E-state index in [9.17, 15) is 4.79 Å². The second-order valence-electron chi connectivity index (χ2n) is 5.43. The van der Waals surface area contributed by atoms with Gasteiger partial charge >= 0.3 is 0 Å². The van der Waals surface area contributed by atoms with E-state index in [2.05, 4.69) is 26.1 Å². The molecule has 3 N–H and O–H groups in total. The van der Waals surface area contributed by atoms with Crippen LogP contribution in [0.5, 0.6) is 0 Å². The van der Waals surface area contributed by atoms with Gasteiger partial charge in [0.15, 0.2) is 5.96 Å². The summed E-state index contributed by atoms with van der Waals surface area (Å²) in [4.78, 5) is 16.1.